The minimum atomic E-state index is -0.0961. The highest BCUT2D eigenvalue weighted by Crippen LogP contribution is 2.10. The third kappa shape index (κ3) is 4.54. The number of nitrogen functional groups attached to an aromatic ring is 1. The molecule has 1 amide bonds. The molecule has 4 N–H and O–H groups in total. The highest BCUT2D eigenvalue weighted by molar-refractivity contribution is 7.99. The van der Waals surface area contributed by atoms with E-state index >= 15 is 0 Å². The van der Waals surface area contributed by atoms with Gasteiger partial charge in [0.2, 0.25) is 0 Å². The Balaban J connectivity index is 2.68. The molecular formula is C12H20N4OS. The van der Waals surface area contributed by atoms with Crippen molar-refractivity contribution < 1.29 is 4.79 Å². The van der Waals surface area contributed by atoms with Gasteiger partial charge < -0.3 is 10.7 Å². The summed E-state index contributed by atoms with van der Waals surface area (Å²) in [4.78, 5) is 16.2. The van der Waals surface area contributed by atoms with E-state index in [0.717, 1.165) is 17.2 Å². The van der Waals surface area contributed by atoms with Crippen LogP contribution in [-0.4, -0.2) is 28.4 Å². The number of hydrogen-bond donors (Lipinski definition) is 3. The predicted octanol–water partition coefficient (Wildman–Crippen LogP) is 1.55. The number of aryl methyl sites for hydroxylation is 1. The number of aromatic nitrogens is 1. The Hall–Kier alpha value is -1.27. The summed E-state index contributed by atoms with van der Waals surface area (Å²) in [5, 5.41) is 2.95. The number of hydrogen-bond acceptors (Lipinski definition) is 5. The fraction of sp³-hybridized carbons (Fsp3) is 0.500. The zero-order chi connectivity index (χ0) is 13.5. The van der Waals surface area contributed by atoms with Crippen LogP contribution in [0.5, 0.6) is 0 Å². The number of rotatable bonds is 6. The van der Waals surface area contributed by atoms with E-state index in [-0.39, 0.29) is 11.9 Å². The van der Waals surface area contributed by atoms with Crippen LogP contribution in [0.1, 0.15) is 29.9 Å². The maximum Gasteiger partial charge on any atom is 0.251 e. The van der Waals surface area contributed by atoms with E-state index in [1.165, 1.54) is 0 Å². The lowest BCUT2D eigenvalue weighted by Crippen LogP contribution is -2.34. The molecule has 1 unspecified atom stereocenters. The Morgan fingerprint density at radius 2 is 2.28 bits per heavy atom. The van der Waals surface area contributed by atoms with Crippen molar-refractivity contribution in [2.45, 2.75) is 26.8 Å². The van der Waals surface area contributed by atoms with E-state index in [4.69, 9.17) is 5.84 Å². The Kier molecular flexibility index (Phi) is 5.94. The molecule has 0 fully saturated rings. The van der Waals surface area contributed by atoms with Gasteiger partial charge in [-0.3, -0.25) is 4.79 Å². The van der Waals surface area contributed by atoms with Gasteiger partial charge in [-0.05, 0) is 31.7 Å². The third-order valence-corrected chi connectivity index (χ3v) is 3.46. The second kappa shape index (κ2) is 7.23. The monoisotopic (exact) mass is 268 g/mol. The first-order valence-electron chi connectivity index (χ1n) is 5.90. The summed E-state index contributed by atoms with van der Waals surface area (Å²) in [6.07, 6.45) is 0. The van der Waals surface area contributed by atoms with Crippen LogP contribution in [0.4, 0.5) is 5.82 Å². The van der Waals surface area contributed by atoms with E-state index in [1.807, 2.05) is 13.8 Å². The van der Waals surface area contributed by atoms with Crippen LogP contribution < -0.4 is 16.6 Å². The third-order valence-electron chi connectivity index (χ3n) is 2.31. The van der Waals surface area contributed by atoms with Crippen molar-refractivity contribution in [3.63, 3.8) is 0 Å². The summed E-state index contributed by atoms with van der Waals surface area (Å²) in [7, 11) is 0. The number of anilines is 1. The summed E-state index contributed by atoms with van der Waals surface area (Å²) in [5.41, 5.74) is 3.78. The molecule has 0 aromatic carbocycles. The number of amides is 1. The molecule has 0 aliphatic heterocycles. The Morgan fingerprint density at radius 1 is 1.56 bits per heavy atom. The van der Waals surface area contributed by atoms with Crippen molar-refractivity contribution in [2.75, 3.05) is 16.9 Å². The van der Waals surface area contributed by atoms with Crippen molar-refractivity contribution >= 4 is 23.5 Å². The quantitative estimate of drug-likeness (QED) is 0.539. The fourth-order valence-corrected chi connectivity index (χ4v) is 2.19. The lowest BCUT2D eigenvalue weighted by atomic mass is 10.2. The molecule has 0 aliphatic carbocycles. The molecule has 0 saturated carbocycles. The summed E-state index contributed by atoms with van der Waals surface area (Å²) < 4.78 is 0. The maximum absolute atomic E-state index is 12.0. The smallest absolute Gasteiger partial charge is 0.251 e. The Labute approximate surface area is 112 Å². The lowest BCUT2D eigenvalue weighted by Gasteiger charge is -2.13. The minimum absolute atomic E-state index is 0.0961. The second-order valence-electron chi connectivity index (χ2n) is 4.06. The van der Waals surface area contributed by atoms with Crippen molar-refractivity contribution in [3.05, 3.63) is 23.4 Å². The largest absolute Gasteiger partial charge is 0.349 e. The first kappa shape index (κ1) is 14.8. The molecule has 0 aliphatic rings. The van der Waals surface area contributed by atoms with Crippen molar-refractivity contribution in [3.8, 4) is 0 Å². The number of carbonyl (C=O) groups is 1. The Morgan fingerprint density at radius 3 is 2.89 bits per heavy atom. The van der Waals surface area contributed by atoms with Gasteiger partial charge in [-0.15, -0.1) is 0 Å². The lowest BCUT2D eigenvalue weighted by molar-refractivity contribution is 0.0943. The minimum Gasteiger partial charge on any atom is -0.349 e. The van der Waals surface area contributed by atoms with Crippen LogP contribution in [0.2, 0.25) is 0 Å². The first-order valence-corrected chi connectivity index (χ1v) is 7.06. The number of carbonyl (C=O) groups excluding carboxylic acids is 1. The average Bonchev–Trinajstić information content (AvgIpc) is 2.35. The molecule has 1 aromatic heterocycles. The zero-order valence-corrected chi connectivity index (χ0v) is 11.8. The fourth-order valence-electron chi connectivity index (χ4n) is 1.52. The highest BCUT2D eigenvalue weighted by atomic mass is 32.2. The number of nitrogens with two attached hydrogens (primary N) is 1. The van der Waals surface area contributed by atoms with Crippen LogP contribution in [0.15, 0.2) is 12.1 Å². The number of nitrogens with one attached hydrogen (secondary N) is 2. The van der Waals surface area contributed by atoms with Crippen LogP contribution in [0.3, 0.4) is 0 Å². The number of hydrazine groups is 1. The molecule has 1 rings (SSSR count). The van der Waals surface area contributed by atoms with Gasteiger partial charge in [0.1, 0.15) is 5.82 Å². The second-order valence-corrected chi connectivity index (χ2v) is 5.38. The van der Waals surface area contributed by atoms with E-state index in [9.17, 15) is 4.79 Å². The van der Waals surface area contributed by atoms with Crippen molar-refractivity contribution in [2.24, 2.45) is 5.84 Å². The molecule has 5 nitrogen and oxygen atoms in total. The van der Waals surface area contributed by atoms with Crippen LogP contribution in [0, 0.1) is 6.92 Å². The molecule has 1 aromatic rings. The van der Waals surface area contributed by atoms with Crippen molar-refractivity contribution in [1.82, 2.24) is 10.3 Å². The van der Waals surface area contributed by atoms with Gasteiger partial charge in [-0.2, -0.15) is 11.8 Å². The molecule has 18 heavy (non-hydrogen) atoms. The molecule has 100 valence electrons. The number of thioether (sulfide) groups is 1. The summed E-state index contributed by atoms with van der Waals surface area (Å²) >= 11 is 1.80. The topological polar surface area (TPSA) is 80.0 Å². The number of nitrogens with zero attached hydrogens (tertiary/aromatic N) is 1. The molecule has 0 radical (unpaired) electrons. The van der Waals surface area contributed by atoms with Gasteiger partial charge >= 0.3 is 0 Å². The predicted molar refractivity (Wildman–Crippen MR) is 76.7 cm³/mol. The van der Waals surface area contributed by atoms with Gasteiger partial charge in [0.05, 0.1) is 0 Å². The molecule has 0 saturated heterocycles. The van der Waals surface area contributed by atoms with E-state index in [0.29, 0.717) is 11.4 Å². The van der Waals surface area contributed by atoms with Crippen LogP contribution >= 0.6 is 11.8 Å². The average molecular weight is 268 g/mol. The summed E-state index contributed by atoms with van der Waals surface area (Å²) in [6, 6.07) is 3.53. The zero-order valence-electron chi connectivity index (χ0n) is 11.0. The summed E-state index contributed by atoms with van der Waals surface area (Å²) in [6.45, 7) is 5.93. The van der Waals surface area contributed by atoms with Gasteiger partial charge in [0.25, 0.3) is 5.91 Å². The molecule has 6 heteroatoms. The molecule has 0 bridgehead atoms. The first-order chi connectivity index (χ1) is 8.56. The van der Waals surface area contributed by atoms with E-state index in [2.05, 4.69) is 22.7 Å². The SMILES string of the molecule is CCSCC(C)NC(=O)c1cc(C)nc(NN)c1. The van der Waals surface area contributed by atoms with Gasteiger partial charge in [-0.1, -0.05) is 6.92 Å². The molecule has 1 atom stereocenters. The van der Waals surface area contributed by atoms with Crippen molar-refractivity contribution in [1.29, 1.82) is 0 Å². The highest BCUT2D eigenvalue weighted by Gasteiger charge is 2.11. The maximum atomic E-state index is 12.0. The van der Waals surface area contributed by atoms with Gasteiger partial charge in [0, 0.05) is 23.1 Å². The van der Waals surface area contributed by atoms with E-state index in [1.54, 1.807) is 23.9 Å². The van der Waals surface area contributed by atoms with Crippen LogP contribution in [-0.2, 0) is 0 Å². The standard InChI is InChI=1S/C12H20N4OS/c1-4-18-7-9(3)15-12(17)10-5-8(2)14-11(6-10)16-13/h5-6,9H,4,7,13H2,1-3H3,(H,14,16)(H,15,17). The normalized spacial score (nSPS) is 12.0. The number of pyridine rings is 1. The summed E-state index contributed by atoms with van der Waals surface area (Å²) in [5.74, 6) is 7.67. The van der Waals surface area contributed by atoms with E-state index < -0.39 is 0 Å². The van der Waals surface area contributed by atoms with Crippen LogP contribution in [0.25, 0.3) is 0 Å². The van der Waals surface area contributed by atoms with Gasteiger partial charge in [-0.25, -0.2) is 10.8 Å². The van der Waals surface area contributed by atoms with Gasteiger partial charge in [0.15, 0.2) is 0 Å². The molecular weight excluding hydrogens is 248 g/mol. The molecule has 1 heterocycles. The molecule has 0 spiro atoms. The Bertz CT molecular complexity index is 411.